The van der Waals surface area contributed by atoms with Gasteiger partial charge in [-0.1, -0.05) is 23.9 Å². The third kappa shape index (κ3) is 3.05. The second-order valence-corrected chi connectivity index (χ2v) is 4.86. The van der Waals surface area contributed by atoms with Crippen LogP contribution in [0.5, 0.6) is 0 Å². The summed E-state index contributed by atoms with van der Waals surface area (Å²) >= 11 is 1.36. The fourth-order valence-corrected chi connectivity index (χ4v) is 2.18. The third-order valence-electron chi connectivity index (χ3n) is 2.29. The number of pyridine rings is 1. The number of rotatable bonds is 3. The van der Waals surface area contributed by atoms with E-state index in [1.54, 1.807) is 18.3 Å². The van der Waals surface area contributed by atoms with Crippen LogP contribution in [0.4, 0.5) is 4.39 Å². The summed E-state index contributed by atoms with van der Waals surface area (Å²) < 4.78 is 13.4. The molecule has 0 saturated heterocycles. The van der Waals surface area contributed by atoms with Crippen molar-refractivity contribution in [3.63, 3.8) is 0 Å². The zero-order chi connectivity index (χ0) is 12.3. The van der Waals surface area contributed by atoms with Gasteiger partial charge in [0.25, 0.3) is 0 Å². The Bertz CT molecular complexity index is 497. The highest BCUT2D eigenvalue weighted by molar-refractivity contribution is 7.99. The second-order valence-electron chi connectivity index (χ2n) is 3.74. The Morgan fingerprint density at radius 2 is 2.00 bits per heavy atom. The molecule has 88 valence electrons. The van der Waals surface area contributed by atoms with Gasteiger partial charge in [0.15, 0.2) is 0 Å². The molecule has 0 fully saturated rings. The van der Waals surface area contributed by atoms with E-state index in [1.807, 2.05) is 25.1 Å². The molecule has 2 rings (SSSR count). The van der Waals surface area contributed by atoms with E-state index in [-0.39, 0.29) is 11.9 Å². The SMILES string of the molecule is C[C@@H](N)c1ccc(Sc2ccccc2F)cn1. The third-order valence-corrected chi connectivity index (χ3v) is 3.32. The average molecular weight is 248 g/mol. The Kier molecular flexibility index (Phi) is 3.76. The van der Waals surface area contributed by atoms with Crippen molar-refractivity contribution < 1.29 is 4.39 Å². The number of hydrogen-bond acceptors (Lipinski definition) is 3. The van der Waals surface area contributed by atoms with Gasteiger partial charge < -0.3 is 5.73 Å². The van der Waals surface area contributed by atoms with Crippen LogP contribution in [-0.2, 0) is 0 Å². The second kappa shape index (κ2) is 5.29. The lowest BCUT2D eigenvalue weighted by molar-refractivity contribution is 0.602. The van der Waals surface area contributed by atoms with E-state index in [2.05, 4.69) is 4.98 Å². The molecule has 0 amide bonds. The summed E-state index contributed by atoms with van der Waals surface area (Å²) in [6.45, 7) is 1.88. The van der Waals surface area contributed by atoms with Crippen molar-refractivity contribution >= 4 is 11.8 Å². The fourth-order valence-electron chi connectivity index (χ4n) is 1.38. The Morgan fingerprint density at radius 1 is 1.24 bits per heavy atom. The number of benzene rings is 1. The van der Waals surface area contributed by atoms with Gasteiger partial charge in [0.05, 0.1) is 5.69 Å². The predicted molar refractivity (Wildman–Crippen MR) is 67.4 cm³/mol. The molecule has 0 radical (unpaired) electrons. The van der Waals surface area contributed by atoms with Crippen molar-refractivity contribution in [3.8, 4) is 0 Å². The largest absolute Gasteiger partial charge is 0.323 e. The standard InChI is InChI=1S/C13H13FN2S/c1-9(15)12-7-6-10(8-16-12)17-13-5-3-2-4-11(13)14/h2-9H,15H2,1H3/t9-/m1/s1. The number of aromatic nitrogens is 1. The maximum Gasteiger partial charge on any atom is 0.137 e. The molecule has 1 heterocycles. The van der Waals surface area contributed by atoms with E-state index in [9.17, 15) is 4.39 Å². The van der Waals surface area contributed by atoms with E-state index in [1.165, 1.54) is 17.8 Å². The first-order chi connectivity index (χ1) is 8.16. The first kappa shape index (κ1) is 12.1. The highest BCUT2D eigenvalue weighted by Crippen LogP contribution is 2.29. The van der Waals surface area contributed by atoms with Crippen LogP contribution < -0.4 is 5.73 Å². The maximum absolute atomic E-state index is 13.4. The Labute approximate surface area is 104 Å². The van der Waals surface area contributed by atoms with Gasteiger partial charge in [-0.2, -0.15) is 0 Å². The van der Waals surface area contributed by atoms with Crippen LogP contribution in [0.15, 0.2) is 52.4 Å². The van der Waals surface area contributed by atoms with E-state index in [0.29, 0.717) is 4.90 Å². The molecule has 0 aliphatic heterocycles. The van der Waals surface area contributed by atoms with Crippen molar-refractivity contribution in [2.24, 2.45) is 5.73 Å². The summed E-state index contributed by atoms with van der Waals surface area (Å²) in [5, 5.41) is 0. The van der Waals surface area contributed by atoms with E-state index < -0.39 is 0 Å². The van der Waals surface area contributed by atoms with E-state index in [4.69, 9.17) is 5.73 Å². The van der Waals surface area contributed by atoms with Crippen molar-refractivity contribution in [1.82, 2.24) is 4.98 Å². The summed E-state index contributed by atoms with van der Waals surface area (Å²) in [7, 11) is 0. The minimum absolute atomic E-state index is 0.0810. The van der Waals surface area contributed by atoms with E-state index in [0.717, 1.165) is 10.6 Å². The summed E-state index contributed by atoms with van der Waals surface area (Å²) in [6.07, 6.45) is 1.72. The van der Waals surface area contributed by atoms with Gasteiger partial charge in [0.2, 0.25) is 0 Å². The normalized spacial score (nSPS) is 12.4. The molecule has 0 unspecified atom stereocenters. The molecule has 2 nitrogen and oxygen atoms in total. The summed E-state index contributed by atoms with van der Waals surface area (Å²) in [5.74, 6) is -0.214. The van der Waals surface area contributed by atoms with Crippen molar-refractivity contribution in [1.29, 1.82) is 0 Å². The van der Waals surface area contributed by atoms with Gasteiger partial charge >= 0.3 is 0 Å². The lowest BCUT2D eigenvalue weighted by atomic mass is 10.2. The first-order valence-corrected chi connectivity index (χ1v) is 6.12. The van der Waals surface area contributed by atoms with Crippen molar-refractivity contribution in [2.75, 3.05) is 0 Å². The van der Waals surface area contributed by atoms with Crippen LogP contribution in [0.3, 0.4) is 0 Å². The maximum atomic E-state index is 13.4. The molecule has 2 aromatic rings. The number of hydrogen-bond donors (Lipinski definition) is 1. The van der Waals surface area contributed by atoms with Crippen LogP contribution in [0.25, 0.3) is 0 Å². The quantitative estimate of drug-likeness (QED) is 0.905. The number of halogens is 1. The average Bonchev–Trinajstić information content (AvgIpc) is 2.33. The summed E-state index contributed by atoms with van der Waals surface area (Å²) in [5.41, 5.74) is 6.55. The lowest BCUT2D eigenvalue weighted by Gasteiger charge is -2.06. The zero-order valence-electron chi connectivity index (χ0n) is 9.43. The molecule has 0 spiro atoms. The van der Waals surface area contributed by atoms with Crippen LogP contribution in [0, 0.1) is 5.82 Å². The van der Waals surface area contributed by atoms with Gasteiger partial charge in [-0.3, -0.25) is 4.98 Å². The molecule has 1 aromatic carbocycles. The van der Waals surface area contributed by atoms with Gasteiger partial charge in [-0.05, 0) is 31.2 Å². The molecule has 0 aliphatic carbocycles. The molecular weight excluding hydrogens is 235 g/mol. The van der Waals surface area contributed by atoms with Gasteiger partial charge in [0, 0.05) is 22.0 Å². The molecule has 0 aliphatic rings. The Hall–Kier alpha value is -1.39. The highest BCUT2D eigenvalue weighted by Gasteiger charge is 2.05. The van der Waals surface area contributed by atoms with Crippen LogP contribution in [-0.4, -0.2) is 4.98 Å². The molecule has 0 bridgehead atoms. The lowest BCUT2D eigenvalue weighted by Crippen LogP contribution is -2.06. The van der Waals surface area contributed by atoms with E-state index >= 15 is 0 Å². The molecule has 1 atom stereocenters. The predicted octanol–water partition coefficient (Wildman–Crippen LogP) is 3.39. The van der Waals surface area contributed by atoms with Crippen molar-refractivity contribution in [2.45, 2.75) is 22.8 Å². The Morgan fingerprint density at radius 3 is 2.59 bits per heavy atom. The molecule has 2 N–H and O–H groups in total. The summed E-state index contributed by atoms with van der Waals surface area (Å²) in [4.78, 5) is 5.74. The van der Waals surface area contributed by atoms with Crippen molar-refractivity contribution in [3.05, 3.63) is 54.1 Å². The summed E-state index contributed by atoms with van der Waals surface area (Å²) in [6, 6.07) is 10.4. The van der Waals surface area contributed by atoms with Crippen LogP contribution in [0.2, 0.25) is 0 Å². The van der Waals surface area contributed by atoms with Crippen LogP contribution >= 0.6 is 11.8 Å². The van der Waals surface area contributed by atoms with Crippen LogP contribution in [0.1, 0.15) is 18.7 Å². The van der Waals surface area contributed by atoms with Gasteiger partial charge in [0.1, 0.15) is 5.82 Å². The highest BCUT2D eigenvalue weighted by atomic mass is 32.2. The minimum atomic E-state index is -0.214. The number of nitrogens with zero attached hydrogens (tertiary/aromatic N) is 1. The topological polar surface area (TPSA) is 38.9 Å². The Balaban J connectivity index is 2.17. The zero-order valence-corrected chi connectivity index (χ0v) is 10.2. The van der Waals surface area contributed by atoms with Gasteiger partial charge in [-0.25, -0.2) is 4.39 Å². The smallest absolute Gasteiger partial charge is 0.137 e. The number of nitrogens with two attached hydrogens (primary N) is 1. The molecule has 1 aromatic heterocycles. The molecule has 0 saturated carbocycles. The molecule has 17 heavy (non-hydrogen) atoms. The first-order valence-electron chi connectivity index (χ1n) is 5.31. The van der Waals surface area contributed by atoms with Gasteiger partial charge in [-0.15, -0.1) is 0 Å². The minimum Gasteiger partial charge on any atom is -0.323 e. The monoisotopic (exact) mass is 248 g/mol. The molecule has 4 heteroatoms. The molecular formula is C13H13FN2S. The fraction of sp³-hybridized carbons (Fsp3) is 0.154.